The van der Waals surface area contributed by atoms with Gasteiger partial charge in [-0.15, -0.1) is 0 Å². The smallest absolute Gasteiger partial charge is 0.460 e. The summed E-state index contributed by atoms with van der Waals surface area (Å²) in [7, 11) is -6.02. The second kappa shape index (κ2) is 13.1. The summed E-state index contributed by atoms with van der Waals surface area (Å²) < 4.78 is 266. The number of ether oxygens (including phenoxy) is 5. The molecule has 2 unspecified atom stereocenters. The van der Waals surface area contributed by atoms with Crippen LogP contribution in [-0.4, -0.2) is 111 Å². The molecule has 5 aliphatic rings. The van der Waals surface area contributed by atoms with E-state index in [2.05, 4.69) is 14.2 Å². The summed E-state index contributed by atoms with van der Waals surface area (Å²) in [5.74, 6) is -40.5. The first-order valence-corrected chi connectivity index (χ1v) is 16.3. The molecule has 0 amide bonds. The molecular weight excluding hydrogens is 824 g/mol. The van der Waals surface area contributed by atoms with Crippen molar-refractivity contribution in [2.75, 3.05) is 33.0 Å². The summed E-state index contributed by atoms with van der Waals surface area (Å²) in [6, 6.07) is 0. The monoisotopic (exact) mass is 848 g/mol. The molecule has 2 atom stereocenters. The van der Waals surface area contributed by atoms with Gasteiger partial charge in [0, 0.05) is 11.8 Å². The standard InChI is InChI=1S/C26H24F16O11S/c27-19(28,54(46,47)48)10-51-14(43)18-3-11-1-12(4-18)20(13(2-11)5-18)52-8-17(9-53-20,6-49-15(44)21(29,30)23(33,34)25(37,38)39)7-50-16(45)22(31,32)24(35,36)26(40,41)42/h11-13H,1-10H2,(H,46,47,48). The molecule has 1 aliphatic heterocycles. The van der Waals surface area contributed by atoms with Gasteiger partial charge in [0.2, 0.25) is 0 Å². The summed E-state index contributed by atoms with van der Waals surface area (Å²) in [4.78, 5) is 36.6. The van der Waals surface area contributed by atoms with E-state index < -0.39 is 137 Å². The summed E-state index contributed by atoms with van der Waals surface area (Å²) in [6.45, 7) is -8.63. The zero-order chi connectivity index (χ0) is 41.6. The summed E-state index contributed by atoms with van der Waals surface area (Å²) in [6.07, 6.45) is -14.7. The minimum Gasteiger partial charge on any atom is -0.460 e. The molecule has 0 radical (unpaired) electrons. The van der Waals surface area contributed by atoms with E-state index in [1.165, 1.54) is 0 Å². The highest BCUT2D eigenvalue weighted by atomic mass is 32.2. The molecule has 4 aliphatic carbocycles. The fourth-order valence-electron chi connectivity index (χ4n) is 7.08. The van der Waals surface area contributed by atoms with Crippen molar-refractivity contribution in [3.8, 4) is 0 Å². The number of hydrogen-bond acceptors (Lipinski definition) is 10. The van der Waals surface area contributed by atoms with Crippen molar-refractivity contribution in [2.24, 2.45) is 28.6 Å². The van der Waals surface area contributed by atoms with E-state index in [0.717, 1.165) is 0 Å². The predicted molar refractivity (Wildman–Crippen MR) is 134 cm³/mol. The number of hydrogen-bond donors (Lipinski definition) is 1. The maximum Gasteiger partial charge on any atom is 0.460 e. The van der Waals surface area contributed by atoms with Crippen LogP contribution in [0, 0.1) is 28.6 Å². The lowest BCUT2D eigenvalue weighted by Crippen LogP contribution is -2.68. The van der Waals surface area contributed by atoms with Crippen molar-refractivity contribution in [3.05, 3.63) is 0 Å². The topological polar surface area (TPSA) is 152 Å². The van der Waals surface area contributed by atoms with Crippen molar-refractivity contribution in [1.82, 2.24) is 0 Å². The third-order valence-electron chi connectivity index (χ3n) is 9.75. The molecule has 4 bridgehead atoms. The largest absolute Gasteiger partial charge is 0.460 e. The first kappa shape index (κ1) is 43.8. The Morgan fingerprint density at radius 2 is 1.04 bits per heavy atom. The Bertz CT molecular complexity index is 1530. The molecule has 11 nitrogen and oxygen atoms in total. The van der Waals surface area contributed by atoms with Gasteiger partial charge in [-0.1, -0.05) is 0 Å². The lowest BCUT2D eigenvalue weighted by molar-refractivity contribution is -0.392. The van der Waals surface area contributed by atoms with Gasteiger partial charge in [0.1, 0.15) is 13.2 Å². The van der Waals surface area contributed by atoms with Gasteiger partial charge >= 0.3 is 69.3 Å². The Kier molecular flexibility index (Phi) is 10.6. The van der Waals surface area contributed by atoms with Gasteiger partial charge in [0.05, 0.1) is 24.0 Å². The van der Waals surface area contributed by atoms with Gasteiger partial charge in [-0.05, 0) is 38.0 Å². The number of esters is 3. The Morgan fingerprint density at radius 3 is 1.39 bits per heavy atom. The zero-order valence-electron chi connectivity index (χ0n) is 26.3. The van der Waals surface area contributed by atoms with E-state index in [9.17, 15) is 93.0 Å². The van der Waals surface area contributed by atoms with E-state index in [1.807, 2.05) is 0 Å². The first-order valence-electron chi connectivity index (χ1n) is 14.8. The number of halogens is 16. The second-order valence-electron chi connectivity index (χ2n) is 13.6. The Labute approximate surface area is 290 Å². The van der Waals surface area contributed by atoms with Crippen LogP contribution in [0.15, 0.2) is 0 Å². The third kappa shape index (κ3) is 7.04. The number of carbonyl (C=O) groups is 3. The van der Waals surface area contributed by atoms with Gasteiger partial charge in [0.15, 0.2) is 12.4 Å². The van der Waals surface area contributed by atoms with E-state index >= 15 is 0 Å². The van der Waals surface area contributed by atoms with Crippen LogP contribution in [0.3, 0.4) is 0 Å². The summed E-state index contributed by atoms with van der Waals surface area (Å²) in [5, 5.41) is -4.92. The minimum absolute atomic E-state index is 0.0181. The number of rotatable bonds is 12. The van der Waals surface area contributed by atoms with Crippen molar-refractivity contribution < 1.29 is 121 Å². The Hall–Kier alpha value is -2.88. The van der Waals surface area contributed by atoms with Gasteiger partial charge in [0.25, 0.3) is 0 Å². The fraction of sp³-hybridized carbons (Fsp3) is 0.885. The van der Waals surface area contributed by atoms with E-state index in [4.69, 9.17) is 14.0 Å². The van der Waals surface area contributed by atoms with Crippen LogP contribution in [0.5, 0.6) is 0 Å². The summed E-state index contributed by atoms with van der Waals surface area (Å²) in [5.41, 5.74) is -4.40. The average molecular weight is 849 g/mol. The Balaban J connectivity index is 1.57. The first-order chi connectivity index (χ1) is 24.0. The lowest BCUT2D eigenvalue weighted by Gasteiger charge is -2.64. The zero-order valence-corrected chi connectivity index (χ0v) is 27.1. The third-order valence-corrected chi connectivity index (χ3v) is 10.6. The van der Waals surface area contributed by atoms with Crippen LogP contribution in [0.4, 0.5) is 70.2 Å². The fourth-order valence-corrected chi connectivity index (χ4v) is 7.29. The van der Waals surface area contributed by atoms with Crippen LogP contribution in [-0.2, 0) is 48.2 Å². The molecule has 0 aromatic rings. The summed E-state index contributed by atoms with van der Waals surface area (Å²) >= 11 is 0. The van der Waals surface area contributed by atoms with Crippen LogP contribution >= 0.6 is 0 Å². The minimum atomic E-state index is -7.09. The Morgan fingerprint density at radius 1 is 0.648 bits per heavy atom. The molecule has 312 valence electrons. The van der Waals surface area contributed by atoms with E-state index in [-0.39, 0.29) is 32.1 Å². The quantitative estimate of drug-likeness (QED) is 0.118. The highest BCUT2D eigenvalue weighted by Crippen LogP contribution is 2.66. The molecule has 0 aromatic heterocycles. The van der Waals surface area contributed by atoms with E-state index in [0.29, 0.717) is 0 Å². The van der Waals surface area contributed by atoms with Gasteiger partial charge < -0.3 is 23.7 Å². The molecule has 1 N–H and O–H groups in total. The maximum atomic E-state index is 13.9. The van der Waals surface area contributed by atoms with Crippen molar-refractivity contribution in [3.63, 3.8) is 0 Å². The average Bonchev–Trinajstić information content (AvgIpc) is 3.02. The highest BCUT2D eigenvalue weighted by molar-refractivity contribution is 7.86. The molecule has 28 heteroatoms. The van der Waals surface area contributed by atoms with Crippen molar-refractivity contribution >= 4 is 28.0 Å². The van der Waals surface area contributed by atoms with Crippen LogP contribution < -0.4 is 0 Å². The predicted octanol–water partition coefficient (Wildman–Crippen LogP) is 5.32. The normalized spacial score (nSPS) is 27.5. The van der Waals surface area contributed by atoms with E-state index in [1.54, 1.807) is 0 Å². The van der Waals surface area contributed by atoms with Crippen molar-refractivity contribution in [1.29, 1.82) is 0 Å². The number of alkyl halides is 16. The molecule has 54 heavy (non-hydrogen) atoms. The SMILES string of the molecule is O=C(OCC(F)(F)S(=O)(=O)O)C12CC3CC(C1)C1(OCC(COC(=O)C(F)(F)C(F)(F)C(F)(F)F)(COC(=O)C(F)(F)C(F)(F)C(F)(F)F)CO1)C(C3)C2. The van der Waals surface area contributed by atoms with Crippen LogP contribution in [0.25, 0.3) is 0 Å². The molecule has 4 saturated carbocycles. The molecule has 1 spiro atoms. The molecule has 1 saturated heterocycles. The molecular formula is C26H24F16O11S. The van der Waals surface area contributed by atoms with Gasteiger partial charge in [-0.2, -0.15) is 78.7 Å². The molecule has 5 rings (SSSR count). The van der Waals surface area contributed by atoms with Crippen molar-refractivity contribution in [2.45, 2.75) is 79.2 Å². The highest BCUT2D eigenvalue weighted by Gasteiger charge is 2.79. The van der Waals surface area contributed by atoms with Crippen LogP contribution in [0.2, 0.25) is 0 Å². The van der Waals surface area contributed by atoms with Crippen LogP contribution in [0.1, 0.15) is 32.1 Å². The van der Waals surface area contributed by atoms with Gasteiger partial charge in [-0.3, -0.25) is 9.35 Å². The second-order valence-corrected chi connectivity index (χ2v) is 15.1. The maximum absolute atomic E-state index is 13.9. The van der Waals surface area contributed by atoms with Gasteiger partial charge in [-0.25, -0.2) is 9.59 Å². The molecule has 1 heterocycles. The molecule has 5 fully saturated rings. The number of carbonyl (C=O) groups excluding carboxylic acids is 3. The lowest BCUT2D eigenvalue weighted by atomic mass is 9.47. The molecule has 0 aromatic carbocycles.